The number of rotatable bonds is 8. The number of ether oxygens (including phenoxy) is 2. The number of carbonyl (C=O) groups is 1. The molecular formula is C22H26F3N3O3S. The maximum absolute atomic E-state index is 14.6. The molecule has 1 aliphatic rings. The van der Waals surface area contributed by atoms with Gasteiger partial charge in [0.1, 0.15) is 0 Å². The average molecular weight is 470 g/mol. The van der Waals surface area contributed by atoms with E-state index >= 15 is 0 Å². The van der Waals surface area contributed by atoms with Crippen molar-refractivity contribution in [2.24, 2.45) is 0 Å². The fraction of sp³-hybridized carbons (Fsp3) is 0.455. The standard InChI is InChI=1S/C22H26F3N3O3S/c1-3-4-8-15-31-21(17-11-13-26-14-12-17)16-32-19(28(21)22(23,24)25)27(20(29)30-2)18-9-6-5-7-10-18/h5-7,9-14,19H,3-4,8,15-16H2,1-2H3. The highest BCUT2D eigenvalue weighted by Gasteiger charge is 2.63. The Kier molecular flexibility index (Phi) is 8.02. The van der Waals surface area contributed by atoms with E-state index in [4.69, 9.17) is 9.47 Å². The number of alkyl halides is 3. The first-order valence-corrected chi connectivity index (χ1v) is 11.3. The van der Waals surface area contributed by atoms with Crippen molar-refractivity contribution in [3.05, 3.63) is 60.4 Å². The number of pyridine rings is 1. The molecule has 10 heteroatoms. The molecular weight excluding hydrogens is 443 g/mol. The number of amides is 1. The molecule has 6 nitrogen and oxygen atoms in total. The number of carbonyl (C=O) groups excluding carboxylic acids is 1. The summed E-state index contributed by atoms with van der Waals surface area (Å²) in [5.74, 6) is -0.0341. The van der Waals surface area contributed by atoms with Crippen molar-refractivity contribution >= 4 is 23.5 Å². The van der Waals surface area contributed by atoms with Crippen molar-refractivity contribution in [1.29, 1.82) is 0 Å². The van der Waals surface area contributed by atoms with Crippen molar-refractivity contribution in [2.75, 3.05) is 24.4 Å². The van der Waals surface area contributed by atoms with Crippen LogP contribution in [-0.4, -0.2) is 47.2 Å². The van der Waals surface area contributed by atoms with Crippen LogP contribution < -0.4 is 4.90 Å². The Bertz CT molecular complexity index is 873. The third-order valence-corrected chi connectivity index (χ3v) is 6.44. The first kappa shape index (κ1) is 24.3. The lowest BCUT2D eigenvalue weighted by Gasteiger charge is -2.43. The van der Waals surface area contributed by atoms with Crippen LogP contribution >= 0.6 is 11.8 Å². The number of unbranched alkanes of at least 4 members (excludes halogenated alkanes) is 2. The summed E-state index contributed by atoms with van der Waals surface area (Å²) in [6.45, 7) is 2.16. The van der Waals surface area contributed by atoms with E-state index < -0.39 is 23.6 Å². The van der Waals surface area contributed by atoms with Crippen molar-refractivity contribution in [2.45, 2.75) is 43.7 Å². The van der Waals surface area contributed by atoms with Gasteiger partial charge in [0.15, 0.2) is 11.2 Å². The molecule has 1 saturated heterocycles. The van der Waals surface area contributed by atoms with Crippen LogP contribution in [-0.2, 0) is 15.2 Å². The number of nitrogens with zero attached hydrogens (tertiary/aromatic N) is 3. The Hall–Kier alpha value is -2.30. The van der Waals surface area contributed by atoms with Gasteiger partial charge in [0.05, 0.1) is 7.11 Å². The molecule has 0 aliphatic carbocycles. The maximum Gasteiger partial charge on any atom is 0.464 e. The van der Waals surface area contributed by atoms with E-state index in [1.807, 2.05) is 6.92 Å². The molecule has 0 saturated carbocycles. The number of aromatic nitrogens is 1. The van der Waals surface area contributed by atoms with Crippen LogP contribution in [0, 0.1) is 0 Å². The number of anilines is 1. The van der Waals surface area contributed by atoms with E-state index in [1.54, 1.807) is 30.3 Å². The highest BCUT2D eigenvalue weighted by molar-refractivity contribution is 8.00. The van der Waals surface area contributed by atoms with Gasteiger partial charge in [-0.25, -0.2) is 4.79 Å². The molecule has 0 N–H and O–H groups in total. The Balaban J connectivity index is 2.09. The van der Waals surface area contributed by atoms with Crippen molar-refractivity contribution in [1.82, 2.24) is 9.88 Å². The normalized spacial score (nSPS) is 21.5. The lowest BCUT2D eigenvalue weighted by Crippen LogP contribution is -2.60. The topological polar surface area (TPSA) is 54.9 Å². The monoisotopic (exact) mass is 469 g/mol. The Morgan fingerprint density at radius 3 is 2.50 bits per heavy atom. The van der Waals surface area contributed by atoms with Crippen LogP contribution in [0.15, 0.2) is 54.9 Å². The molecule has 0 spiro atoms. The highest BCUT2D eigenvalue weighted by Crippen LogP contribution is 2.51. The fourth-order valence-electron chi connectivity index (χ4n) is 3.66. The number of benzene rings is 1. The van der Waals surface area contributed by atoms with Crippen molar-refractivity contribution < 1.29 is 27.4 Å². The summed E-state index contributed by atoms with van der Waals surface area (Å²) in [6.07, 6.45) is -0.432. The van der Waals surface area contributed by atoms with Crippen LogP contribution in [0.3, 0.4) is 0 Å². The number of halogens is 3. The zero-order valence-corrected chi connectivity index (χ0v) is 18.7. The van der Waals surface area contributed by atoms with Gasteiger partial charge < -0.3 is 9.47 Å². The molecule has 1 aromatic heterocycles. The van der Waals surface area contributed by atoms with Gasteiger partial charge >= 0.3 is 12.4 Å². The Morgan fingerprint density at radius 1 is 1.22 bits per heavy atom. The first-order valence-electron chi connectivity index (χ1n) is 10.3. The fourth-order valence-corrected chi connectivity index (χ4v) is 5.22. The van der Waals surface area contributed by atoms with E-state index in [1.165, 1.54) is 24.5 Å². The minimum Gasteiger partial charge on any atom is -0.452 e. The van der Waals surface area contributed by atoms with E-state index in [9.17, 15) is 18.0 Å². The molecule has 1 aliphatic heterocycles. The van der Waals surface area contributed by atoms with Gasteiger partial charge in [-0.05, 0) is 30.7 Å². The van der Waals surface area contributed by atoms with Gasteiger partial charge in [-0.1, -0.05) is 38.0 Å². The molecule has 2 unspecified atom stereocenters. The average Bonchev–Trinajstić information content (AvgIpc) is 3.19. The molecule has 1 amide bonds. The summed E-state index contributed by atoms with van der Waals surface area (Å²) in [5, 5.41) is 0. The van der Waals surface area contributed by atoms with E-state index in [-0.39, 0.29) is 12.4 Å². The van der Waals surface area contributed by atoms with E-state index in [0.29, 0.717) is 22.6 Å². The molecule has 3 rings (SSSR count). The molecule has 2 atom stereocenters. The minimum absolute atomic E-state index is 0.0341. The van der Waals surface area contributed by atoms with Gasteiger partial charge in [0, 0.05) is 36.0 Å². The molecule has 174 valence electrons. The quantitative estimate of drug-likeness (QED) is 0.372. The van der Waals surface area contributed by atoms with Crippen LogP contribution in [0.4, 0.5) is 23.7 Å². The highest BCUT2D eigenvalue weighted by atomic mass is 32.2. The molecule has 32 heavy (non-hydrogen) atoms. The number of para-hydroxylation sites is 1. The van der Waals surface area contributed by atoms with E-state index in [2.05, 4.69) is 4.98 Å². The number of hydrogen-bond acceptors (Lipinski definition) is 6. The van der Waals surface area contributed by atoms with Crippen molar-refractivity contribution in [3.8, 4) is 0 Å². The number of thioether (sulfide) groups is 1. The molecule has 2 aromatic rings. The minimum atomic E-state index is -4.80. The molecule has 0 radical (unpaired) electrons. The van der Waals surface area contributed by atoms with Gasteiger partial charge in [-0.15, -0.1) is 16.7 Å². The predicted octanol–water partition coefficient (Wildman–Crippen LogP) is 5.57. The van der Waals surface area contributed by atoms with Crippen LogP contribution in [0.2, 0.25) is 0 Å². The second-order valence-electron chi connectivity index (χ2n) is 7.23. The predicted molar refractivity (Wildman–Crippen MR) is 117 cm³/mol. The van der Waals surface area contributed by atoms with Crippen LogP contribution in [0.25, 0.3) is 0 Å². The summed E-state index contributed by atoms with van der Waals surface area (Å²) in [6, 6.07) is 11.2. The first-order chi connectivity index (χ1) is 15.3. The number of methoxy groups -OCH3 is 1. The van der Waals surface area contributed by atoms with Gasteiger partial charge in [0.25, 0.3) is 0 Å². The van der Waals surface area contributed by atoms with E-state index in [0.717, 1.165) is 36.6 Å². The second kappa shape index (κ2) is 10.5. The summed E-state index contributed by atoms with van der Waals surface area (Å²) in [7, 11) is 1.15. The third-order valence-electron chi connectivity index (χ3n) is 5.16. The van der Waals surface area contributed by atoms with Crippen LogP contribution in [0.1, 0.15) is 31.7 Å². The van der Waals surface area contributed by atoms with Gasteiger partial charge in [0.2, 0.25) is 0 Å². The maximum atomic E-state index is 14.6. The SMILES string of the molecule is CCCCCOC1(c2ccncc2)CSC(N(C(=O)OC)c2ccccc2)N1C(F)(F)F. The molecule has 0 bridgehead atoms. The second-order valence-corrected chi connectivity index (χ2v) is 8.27. The zero-order valence-electron chi connectivity index (χ0n) is 17.9. The third kappa shape index (κ3) is 5.02. The summed E-state index contributed by atoms with van der Waals surface area (Å²) < 4.78 is 54.8. The van der Waals surface area contributed by atoms with Gasteiger partial charge in [-0.3, -0.25) is 9.88 Å². The lowest BCUT2D eigenvalue weighted by atomic mass is 10.0. The van der Waals surface area contributed by atoms with Crippen molar-refractivity contribution in [3.63, 3.8) is 0 Å². The summed E-state index contributed by atoms with van der Waals surface area (Å²) in [5.41, 5.74) is -2.62. The lowest BCUT2D eigenvalue weighted by molar-refractivity contribution is -0.325. The smallest absolute Gasteiger partial charge is 0.452 e. The largest absolute Gasteiger partial charge is 0.464 e. The number of hydrogen-bond donors (Lipinski definition) is 0. The summed E-state index contributed by atoms with van der Waals surface area (Å²) in [4.78, 5) is 17.9. The Morgan fingerprint density at radius 2 is 1.91 bits per heavy atom. The van der Waals surface area contributed by atoms with Gasteiger partial charge in [-0.2, -0.15) is 13.2 Å². The molecule has 1 fully saturated rings. The van der Waals surface area contributed by atoms with Crippen LogP contribution in [0.5, 0.6) is 0 Å². The molecule has 2 heterocycles. The molecule has 1 aromatic carbocycles. The zero-order chi connectivity index (χ0) is 23.2. The summed E-state index contributed by atoms with van der Waals surface area (Å²) >= 11 is 0.975. The Labute approximate surface area is 189 Å².